The molecule has 0 atom stereocenters. The Labute approximate surface area is 187 Å². The molecule has 1 fully saturated rings. The van der Waals surface area contributed by atoms with Crippen molar-refractivity contribution in [3.05, 3.63) is 65.3 Å². The van der Waals surface area contributed by atoms with Gasteiger partial charge in [-0.2, -0.15) is 26.3 Å². The van der Waals surface area contributed by atoms with Gasteiger partial charge in [-0.05, 0) is 22.8 Å². The third-order valence-corrected chi connectivity index (χ3v) is 5.34. The van der Waals surface area contributed by atoms with E-state index in [0.29, 0.717) is 17.3 Å². The van der Waals surface area contributed by atoms with Crippen LogP contribution >= 0.6 is 0 Å². The first-order chi connectivity index (χ1) is 15.9. The number of oxazole rings is 1. The Balaban J connectivity index is 1.58. The summed E-state index contributed by atoms with van der Waals surface area (Å²) >= 11 is 0. The number of aliphatic hydroxyl groups is 1. The van der Waals surface area contributed by atoms with Crippen molar-refractivity contribution in [1.29, 1.82) is 0 Å². The Hall–Kier alpha value is -3.45. The SMILES string of the molecule is O=C(Nc1ncc(C(F)(F)F)o1)C1(c2ccc(-c3cnc(C(F)(F)F)cc3CO)cc2)COC1. The summed E-state index contributed by atoms with van der Waals surface area (Å²) < 4.78 is 86.5. The molecule has 7 nitrogen and oxygen atoms in total. The van der Waals surface area contributed by atoms with Crippen LogP contribution in [0.25, 0.3) is 11.1 Å². The molecule has 1 saturated heterocycles. The fourth-order valence-electron chi connectivity index (χ4n) is 3.43. The fraction of sp³-hybridized carbons (Fsp3) is 0.286. The topological polar surface area (TPSA) is 97.5 Å². The molecule has 0 aliphatic carbocycles. The Kier molecular flexibility index (Phi) is 5.85. The molecule has 1 amide bonds. The maximum absolute atomic E-state index is 12.9. The number of aromatic nitrogens is 2. The van der Waals surface area contributed by atoms with E-state index in [1.165, 1.54) is 24.3 Å². The lowest BCUT2D eigenvalue weighted by Crippen LogP contribution is -2.55. The number of hydrogen-bond donors (Lipinski definition) is 2. The van der Waals surface area contributed by atoms with Gasteiger partial charge in [0.2, 0.25) is 11.7 Å². The third-order valence-electron chi connectivity index (χ3n) is 5.34. The van der Waals surface area contributed by atoms with Crippen molar-refractivity contribution in [3.8, 4) is 11.1 Å². The summed E-state index contributed by atoms with van der Waals surface area (Å²) in [5.74, 6) is -2.06. The summed E-state index contributed by atoms with van der Waals surface area (Å²) in [5, 5.41) is 11.7. The van der Waals surface area contributed by atoms with Crippen LogP contribution in [-0.2, 0) is 33.9 Å². The van der Waals surface area contributed by atoms with Crippen molar-refractivity contribution in [2.45, 2.75) is 24.4 Å². The number of nitrogens with zero attached hydrogens (tertiary/aromatic N) is 2. The lowest BCUT2D eigenvalue weighted by atomic mass is 9.77. The number of amides is 1. The minimum Gasteiger partial charge on any atom is -0.419 e. The predicted octanol–water partition coefficient (Wildman–Crippen LogP) is 4.17. The number of rotatable bonds is 5. The first kappa shape index (κ1) is 23.7. The van der Waals surface area contributed by atoms with Crippen LogP contribution < -0.4 is 5.32 Å². The van der Waals surface area contributed by atoms with Gasteiger partial charge in [0.25, 0.3) is 0 Å². The van der Waals surface area contributed by atoms with Crippen molar-refractivity contribution >= 4 is 11.9 Å². The molecule has 2 aromatic heterocycles. The monoisotopic (exact) mass is 487 g/mol. The Morgan fingerprint density at radius 1 is 1.03 bits per heavy atom. The van der Waals surface area contributed by atoms with Crippen LogP contribution in [0.1, 0.15) is 22.6 Å². The summed E-state index contributed by atoms with van der Waals surface area (Å²) in [4.78, 5) is 19.7. The summed E-state index contributed by atoms with van der Waals surface area (Å²) in [7, 11) is 0. The average molecular weight is 487 g/mol. The number of carbonyl (C=O) groups is 1. The summed E-state index contributed by atoms with van der Waals surface area (Å²) in [6, 6.07) is 6.25. The normalized spacial score (nSPS) is 15.6. The molecular weight excluding hydrogens is 472 g/mol. The van der Waals surface area contributed by atoms with E-state index in [-0.39, 0.29) is 24.3 Å². The number of aliphatic hydroxyl groups excluding tert-OH is 1. The maximum atomic E-state index is 12.9. The molecule has 2 N–H and O–H groups in total. The first-order valence-corrected chi connectivity index (χ1v) is 9.64. The van der Waals surface area contributed by atoms with E-state index in [9.17, 15) is 36.2 Å². The highest BCUT2D eigenvalue weighted by atomic mass is 19.4. The molecule has 1 aromatic carbocycles. The largest absolute Gasteiger partial charge is 0.451 e. The van der Waals surface area contributed by atoms with Crippen molar-refractivity contribution in [1.82, 2.24) is 9.97 Å². The zero-order chi connectivity index (χ0) is 24.7. The van der Waals surface area contributed by atoms with Gasteiger partial charge >= 0.3 is 18.4 Å². The van der Waals surface area contributed by atoms with Crippen molar-refractivity contribution in [2.24, 2.45) is 0 Å². The van der Waals surface area contributed by atoms with Gasteiger partial charge in [-0.25, -0.2) is 4.98 Å². The molecular formula is C21H15F6N3O4. The average Bonchev–Trinajstić information content (AvgIpc) is 3.21. The van der Waals surface area contributed by atoms with Gasteiger partial charge in [-0.1, -0.05) is 24.3 Å². The van der Waals surface area contributed by atoms with E-state index in [2.05, 4.69) is 19.7 Å². The van der Waals surface area contributed by atoms with E-state index in [0.717, 1.165) is 12.3 Å². The number of hydrogen-bond acceptors (Lipinski definition) is 6. The highest BCUT2D eigenvalue weighted by Crippen LogP contribution is 2.37. The Morgan fingerprint density at radius 2 is 1.71 bits per heavy atom. The zero-order valence-corrected chi connectivity index (χ0v) is 17.0. The summed E-state index contributed by atoms with van der Waals surface area (Å²) in [6.45, 7) is -0.775. The second kappa shape index (κ2) is 8.40. The number of pyridine rings is 1. The van der Waals surface area contributed by atoms with Crippen LogP contribution in [0.2, 0.25) is 0 Å². The molecule has 1 aliphatic heterocycles. The molecule has 3 aromatic rings. The molecule has 0 spiro atoms. The van der Waals surface area contributed by atoms with E-state index in [1.54, 1.807) is 0 Å². The molecule has 1 aliphatic rings. The number of alkyl halides is 6. The lowest BCUT2D eigenvalue weighted by molar-refractivity contribution is -0.153. The zero-order valence-electron chi connectivity index (χ0n) is 17.0. The quantitative estimate of drug-likeness (QED) is 0.525. The molecule has 180 valence electrons. The highest BCUT2D eigenvalue weighted by Gasteiger charge is 2.48. The minimum atomic E-state index is -4.76. The minimum absolute atomic E-state index is 0.0128. The molecule has 34 heavy (non-hydrogen) atoms. The number of halogens is 6. The van der Waals surface area contributed by atoms with E-state index in [1.807, 2.05) is 0 Å². The van der Waals surface area contributed by atoms with Crippen LogP contribution in [0, 0.1) is 0 Å². The van der Waals surface area contributed by atoms with Crippen LogP contribution in [0.3, 0.4) is 0 Å². The number of nitrogens with one attached hydrogen (secondary N) is 1. The molecule has 0 radical (unpaired) electrons. The molecule has 4 rings (SSSR count). The fourth-order valence-corrected chi connectivity index (χ4v) is 3.43. The van der Waals surface area contributed by atoms with Crippen molar-refractivity contribution in [3.63, 3.8) is 0 Å². The Morgan fingerprint density at radius 3 is 2.21 bits per heavy atom. The molecule has 0 saturated carbocycles. The number of benzene rings is 1. The van der Waals surface area contributed by atoms with Crippen LogP contribution in [-0.4, -0.2) is 34.2 Å². The van der Waals surface area contributed by atoms with E-state index < -0.39 is 47.8 Å². The lowest BCUT2D eigenvalue weighted by Gasteiger charge is -2.39. The smallest absolute Gasteiger partial charge is 0.419 e. The molecule has 13 heteroatoms. The van der Waals surface area contributed by atoms with Gasteiger partial charge in [0, 0.05) is 11.8 Å². The van der Waals surface area contributed by atoms with Crippen molar-refractivity contribution in [2.75, 3.05) is 18.5 Å². The standard InChI is InChI=1S/C21H15F6N3O4/c22-20(23,24)15-5-12(8-31)14(6-28-15)11-1-3-13(4-2-11)19(9-33-10-19)17(32)30-18-29-7-16(34-18)21(25,26)27/h1-7,31H,8-10H2,(H,29,30,32). The maximum Gasteiger partial charge on any atom is 0.451 e. The number of anilines is 1. The van der Waals surface area contributed by atoms with Gasteiger partial charge in [-0.3, -0.25) is 15.1 Å². The number of ether oxygens (including phenoxy) is 1. The Bertz CT molecular complexity index is 1200. The van der Waals surface area contributed by atoms with Crippen LogP contribution in [0.4, 0.5) is 32.4 Å². The van der Waals surface area contributed by atoms with Crippen molar-refractivity contribution < 1.29 is 45.4 Å². The summed E-state index contributed by atoms with van der Waals surface area (Å²) in [5.41, 5.74) is -1.20. The second-order valence-electron chi connectivity index (χ2n) is 7.52. The molecule has 0 unspecified atom stereocenters. The van der Waals surface area contributed by atoms with Gasteiger partial charge < -0.3 is 14.3 Å². The first-order valence-electron chi connectivity index (χ1n) is 9.64. The summed E-state index contributed by atoms with van der Waals surface area (Å²) in [6.07, 6.45) is -7.98. The predicted molar refractivity (Wildman–Crippen MR) is 103 cm³/mol. The van der Waals surface area contributed by atoms with E-state index >= 15 is 0 Å². The van der Waals surface area contributed by atoms with Crippen LogP contribution in [0.15, 0.2) is 47.1 Å². The highest BCUT2D eigenvalue weighted by molar-refractivity contribution is 5.99. The third kappa shape index (κ3) is 4.35. The van der Waals surface area contributed by atoms with Gasteiger partial charge in [-0.15, -0.1) is 0 Å². The van der Waals surface area contributed by atoms with Crippen LogP contribution in [0.5, 0.6) is 0 Å². The van der Waals surface area contributed by atoms with E-state index in [4.69, 9.17) is 4.74 Å². The molecule has 3 heterocycles. The second-order valence-corrected chi connectivity index (χ2v) is 7.52. The van der Waals surface area contributed by atoms with Gasteiger partial charge in [0.15, 0.2) is 0 Å². The molecule has 0 bridgehead atoms. The van der Waals surface area contributed by atoms with Gasteiger partial charge in [0.05, 0.1) is 26.0 Å². The van der Waals surface area contributed by atoms with Gasteiger partial charge in [0.1, 0.15) is 11.1 Å². The number of carbonyl (C=O) groups excluding carboxylic acids is 1.